The summed E-state index contributed by atoms with van der Waals surface area (Å²) in [5, 5.41) is 7.33. The first-order valence-electron chi connectivity index (χ1n) is 4.78. The Kier molecular flexibility index (Phi) is 3.39. The van der Waals surface area contributed by atoms with E-state index in [0.29, 0.717) is 6.42 Å². The van der Waals surface area contributed by atoms with Crippen molar-refractivity contribution >= 4 is 7.60 Å². The highest BCUT2D eigenvalue weighted by molar-refractivity contribution is 7.53. The monoisotopic (exact) mass is 223 g/mol. The second kappa shape index (κ2) is 3.91. The molecule has 0 radical (unpaired) electrons. The summed E-state index contributed by atoms with van der Waals surface area (Å²) in [6.07, 6.45) is 2.53. The van der Waals surface area contributed by atoms with Gasteiger partial charge in [-0.2, -0.15) is 0 Å². The van der Waals surface area contributed by atoms with E-state index < -0.39 is 19.5 Å². The Bertz CT molecular complexity index is 254. The van der Waals surface area contributed by atoms with Crippen LogP contribution in [0.1, 0.15) is 26.2 Å². The predicted molar refractivity (Wildman–Crippen MR) is 52.6 cm³/mol. The number of aliphatic hydroxyl groups excluding tert-OH is 1. The van der Waals surface area contributed by atoms with Crippen LogP contribution in [0.3, 0.4) is 0 Å². The molecule has 1 saturated carbocycles. The van der Waals surface area contributed by atoms with Gasteiger partial charge in [-0.05, 0) is 18.3 Å². The van der Waals surface area contributed by atoms with E-state index in [-0.39, 0.29) is 11.8 Å². The average molecular weight is 223 g/mol. The summed E-state index contributed by atoms with van der Waals surface area (Å²) in [5.74, 6) is -0.117. The molecule has 3 atom stereocenters. The number of aliphatic hydroxyl groups is 1. The molecule has 0 amide bonds. The fourth-order valence-electron chi connectivity index (χ4n) is 2.31. The first kappa shape index (κ1) is 12.1. The van der Waals surface area contributed by atoms with Gasteiger partial charge in [0.15, 0.2) is 0 Å². The quantitative estimate of drug-likeness (QED) is 0.513. The van der Waals surface area contributed by atoms with Gasteiger partial charge < -0.3 is 20.6 Å². The lowest BCUT2D eigenvalue weighted by Gasteiger charge is -2.36. The molecule has 0 heterocycles. The molecule has 6 heteroatoms. The fourth-order valence-corrected chi connectivity index (χ4v) is 3.31. The number of hydrogen-bond donors (Lipinski definition) is 4. The van der Waals surface area contributed by atoms with Gasteiger partial charge in [-0.25, -0.2) is 0 Å². The van der Waals surface area contributed by atoms with Crippen LogP contribution in [-0.2, 0) is 4.57 Å². The molecule has 0 aromatic carbocycles. The Morgan fingerprint density at radius 1 is 1.50 bits per heavy atom. The van der Waals surface area contributed by atoms with Crippen molar-refractivity contribution < 1.29 is 19.5 Å². The molecule has 1 fully saturated rings. The van der Waals surface area contributed by atoms with Gasteiger partial charge in [0.1, 0.15) is 5.28 Å². The van der Waals surface area contributed by atoms with Crippen LogP contribution in [0.5, 0.6) is 0 Å². The lowest BCUT2D eigenvalue weighted by Crippen LogP contribution is -2.51. The molecular weight excluding hydrogens is 205 g/mol. The summed E-state index contributed by atoms with van der Waals surface area (Å²) in [7, 11) is -4.45. The van der Waals surface area contributed by atoms with Crippen LogP contribution >= 0.6 is 7.60 Å². The smallest absolute Gasteiger partial charge is 0.347 e. The van der Waals surface area contributed by atoms with Gasteiger partial charge in [-0.3, -0.25) is 4.57 Å². The molecular formula is C8H18NO4P. The third-order valence-corrected chi connectivity index (χ3v) is 4.86. The molecule has 1 rings (SSSR count). The Hall–Kier alpha value is 0.0700. The minimum absolute atomic E-state index is 0.166. The van der Waals surface area contributed by atoms with E-state index in [1.165, 1.54) is 0 Å². The van der Waals surface area contributed by atoms with Gasteiger partial charge in [-0.15, -0.1) is 0 Å². The lowest BCUT2D eigenvalue weighted by molar-refractivity contribution is 0.150. The first-order chi connectivity index (χ1) is 6.33. The van der Waals surface area contributed by atoms with Gasteiger partial charge in [-0.1, -0.05) is 19.8 Å². The Balaban J connectivity index is 2.95. The van der Waals surface area contributed by atoms with Crippen molar-refractivity contribution in [2.45, 2.75) is 31.5 Å². The molecule has 14 heavy (non-hydrogen) atoms. The van der Waals surface area contributed by atoms with Crippen molar-refractivity contribution in [2.24, 2.45) is 17.6 Å². The first-order valence-corrected chi connectivity index (χ1v) is 6.39. The summed E-state index contributed by atoms with van der Waals surface area (Å²) in [6, 6.07) is 0. The van der Waals surface area contributed by atoms with E-state index in [4.69, 9.17) is 20.6 Å². The van der Waals surface area contributed by atoms with Crippen molar-refractivity contribution in [1.82, 2.24) is 0 Å². The van der Waals surface area contributed by atoms with Gasteiger partial charge in [0.05, 0.1) is 6.61 Å². The van der Waals surface area contributed by atoms with Crippen molar-refractivity contribution in [3.05, 3.63) is 0 Å². The van der Waals surface area contributed by atoms with Crippen molar-refractivity contribution in [2.75, 3.05) is 6.61 Å². The van der Waals surface area contributed by atoms with E-state index in [2.05, 4.69) is 0 Å². The molecule has 0 aromatic rings. The van der Waals surface area contributed by atoms with Crippen LogP contribution in [0.25, 0.3) is 0 Å². The van der Waals surface area contributed by atoms with Crippen molar-refractivity contribution in [1.29, 1.82) is 0 Å². The Morgan fingerprint density at radius 2 is 2.07 bits per heavy atom. The highest BCUT2D eigenvalue weighted by Gasteiger charge is 2.52. The zero-order valence-corrected chi connectivity index (χ0v) is 9.15. The van der Waals surface area contributed by atoms with Crippen LogP contribution in [0.15, 0.2) is 0 Å². The van der Waals surface area contributed by atoms with E-state index in [1.807, 2.05) is 6.92 Å². The molecule has 0 bridgehead atoms. The maximum absolute atomic E-state index is 11.2. The normalized spacial score (nSPS) is 32.9. The third-order valence-electron chi connectivity index (χ3n) is 3.30. The fraction of sp³-hybridized carbons (Fsp3) is 1.00. The van der Waals surface area contributed by atoms with Crippen LogP contribution in [0.4, 0.5) is 0 Å². The second-order valence-electron chi connectivity index (χ2n) is 4.21. The minimum Gasteiger partial charge on any atom is -0.394 e. The highest BCUT2D eigenvalue weighted by atomic mass is 31.2. The Labute approximate surface area is 83.5 Å². The zero-order chi connectivity index (χ0) is 11.0. The van der Waals surface area contributed by atoms with E-state index in [9.17, 15) is 4.57 Å². The van der Waals surface area contributed by atoms with Crippen LogP contribution in [-0.4, -0.2) is 26.8 Å². The SMILES string of the molecule is C[C@H]1CCC[C@@H]1C(N)(CO)P(=O)(O)O. The zero-order valence-electron chi connectivity index (χ0n) is 8.26. The molecule has 0 aromatic heterocycles. The molecule has 84 valence electrons. The van der Waals surface area contributed by atoms with Crippen LogP contribution in [0.2, 0.25) is 0 Å². The summed E-state index contributed by atoms with van der Waals surface area (Å²) < 4.78 is 11.2. The van der Waals surface area contributed by atoms with Crippen LogP contribution < -0.4 is 5.73 Å². The molecule has 1 aliphatic rings. The topological polar surface area (TPSA) is 104 Å². The van der Waals surface area contributed by atoms with Gasteiger partial charge in [0, 0.05) is 0 Å². The van der Waals surface area contributed by atoms with Crippen molar-refractivity contribution in [3.63, 3.8) is 0 Å². The van der Waals surface area contributed by atoms with Crippen molar-refractivity contribution in [3.8, 4) is 0 Å². The molecule has 1 unspecified atom stereocenters. The maximum atomic E-state index is 11.2. The van der Waals surface area contributed by atoms with Gasteiger partial charge in [0.25, 0.3) is 0 Å². The standard InChI is InChI=1S/C8H18NO4P/c1-6-3-2-4-7(6)8(9,5-10)14(11,12)13/h6-7,10H,2-5,9H2,1H3,(H2,11,12,13)/t6-,7-,8?/m0/s1. The molecule has 0 saturated heterocycles. The molecule has 0 spiro atoms. The molecule has 1 aliphatic carbocycles. The highest BCUT2D eigenvalue weighted by Crippen LogP contribution is 2.56. The number of rotatable bonds is 3. The van der Waals surface area contributed by atoms with E-state index >= 15 is 0 Å². The number of hydrogen-bond acceptors (Lipinski definition) is 3. The molecule has 5 nitrogen and oxygen atoms in total. The minimum atomic E-state index is -4.45. The average Bonchev–Trinajstić information content (AvgIpc) is 2.48. The summed E-state index contributed by atoms with van der Waals surface area (Å²) in [5.41, 5.74) is 5.66. The molecule has 5 N–H and O–H groups in total. The largest absolute Gasteiger partial charge is 0.394 e. The van der Waals surface area contributed by atoms with Crippen LogP contribution in [0, 0.1) is 11.8 Å². The van der Waals surface area contributed by atoms with E-state index in [0.717, 1.165) is 12.8 Å². The predicted octanol–water partition coefficient (Wildman–Crippen LogP) is 0.248. The summed E-state index contributed by atoms with van der Waals surface area (Å²) in [4.78, 5) is 18.3. The third kappa shape index (κ3) is 1.88. The second-order valence-corrected chi connectivity index (χ2v) is 6.13. The van der Waals surface area contributed by atoms with Gasteiger partial charge >= 0.3 is 7.60 Å². The number of nitrogens with two attached hydrogens (primary N) is 1. The van der Waals surface area contributed by atoms with E-state index in [1.54, 1.807) is 0 Å². The summed E-state index contributed by atoms with van der Waals surface area (Å²) in [6.45, 7) is 1.26. The molecule has 0 aliphatic heterocycles. The Morgan fingerprint density at radius 3 is 2.36 bits per heavy atom. The summed E-state index contributed by atoms with van der Waals surface area (Å²) >= 11 is 0. The maximum Gasteiger partial charge on any atom is 0.347 e. The van der Waals surface area contributed by atoms with Gasteiger partial charge in [0.2, 0.25) is 0 Å². The lowest BCUT2D eigenvalue weighted by atomic mass is 9.90.